The molecule has 1 atom stereocenters. The van der Waals surface area contributed by atoms with Crippen molar-refractivity contribution >= 4 is 11.9 Å². The summed E-state index contributed by atoms with van der Waals surface area (Å²) in [6.45, 7) is 4.11. The number of carbonyl (C=O) groups excluding carboxylic acids is 2. The maximum Gasteiger partial charge on any atom is 0.306 e. The lowest BCUT2D eigenvalue weighted by Gasteiger charge is -2.15. The molecule has 0 bridgehead atoms. The first kappa shape index (κ1) is 42.4. The van der Waals surface area contributed by atoms with E-state index in [2.05, 4.69) is 38.2 Å². The number of rotatable bonds is 34. The molecule has 5 nitrogen and oxygen atoms in total. The van der Waals surface area contributed by atoms with Crippen LogP contribution in [0.2, 0.25) is 0 Å². The molecule has 0 fully saturated rings. The van der Waals surface area contributed by atoms with Gasteiger partial charge in [-0.2, -0.15) is 0 Å². The van der Waals surface area contributed by atoms with E-state index < -0.39 is 6.10 Å². The van der Waals surface area contributed by atoms with Gasteiger partial charge in [-0.1, -0.05) is 160 Å². The van der Waals surface area contributed by atoms with Crippen molar-refractivity contribution in [2.75, 3.05) is 13.2 Å². The van der Waals surface area contributed by atoms with E-state index in [1.807, 2.05) is 0 Å². The maximum atomic E-state index is 12.1. The molecule has 0 amide bonds. The third kappa shape index (κ3) is 33.3. The Hall–Kier alpha value is -1.62. The average molecular weight is 621 g/mol. The van der Waals surface area contributed by atoms with Gasteiger partial charge in [0.05, 0.1) is 6.61 Å². The minimum absolute atomic E-state index is 0.0661. The minimum atomic E-state index is -0.768. The van der Waals surface area contributed by atoms with Crippen molar-refractivity contribution in [3.63, 3.8) is 0 Å². The third-order valence-corrected chi connectivity index (χ3v) is 8.25. The molecule has 0 radical (unpaired) electrons. The van der Waals surface area contributed by atoms with Gasteiger partial charge in [0.25, 0.3) is 0 Å². The number of aliphatic hydroxyl groups excluding tert-OH is 1. The molecule has 0 saturated heterocycles. The largest absolute Gasteiger partial charge is 0.462 e. The fraction of sp³-hybridized carbons (Fsp3) is 0.846. The van der Waals surface area contributed by atoms with E-state index in [9.17, 15) is 14.7 Å². The zero-order chi connectivity index (χ0) is 32.2. The SMILES string of the molecule is CCCCC/C=C\C/C=C\CCCCCCCCCC(=O)OC[C@H](CO)OC(=O)CCCCCCCCCCCCCCC. The van der Waals surface area contributed by atoms with Crippen molar-refractivity contribution in [1.82, 2.24) is 0 Å². The zero-order valence-corrected chi connectivity index (χ0v) is 29.2. The Kier molecular flexibility index (Phi) is 34.5. The Morgan fingerprint density at radius 2 is 0.909 bits per heavy atom. The van der Waals surface area contributed by atoms with Gasteiger partial charge in [-0.25, -0.2) is 0 Å². The van der Waals surface area contributed by atoms with Crippen molar-refractivity contribution in [2.45, 2.75) is 200 Å². The van der Waals surface area contributed by atoms with Gasteiger partial charge >= 0.3 is 11.9 Å². The topological polar surface area (TPSA) is 72.8 Å². The van der Waals surface area contributed by atoms with Crippen LogP contribution in [0, 0.1) is 0 Å². The zero-order valence-electron chi connectivity index (χ0n) is 29.2. The molecular weight excluding hydrogens is 548 g/mol. The Balaban J connectivity index is 3.55. The second-order valence-electron chi connectivity index (χ2n) is 12.7. The van der Waals surface area contributed by atoms with Crippen molar-refractivity contribution in [1.29, 1.82) is 0 Å². The van der Waals surface area contributed by atoms with Gasteiger partial charge < -0.3 is 14.6 Å². The van der Waals surface area contributed by atoms with E-state index in [0.29, 0.717) is 12.8 Å². The number of aliphatic hydroxyl groups is 1. The quantitative estimate of drug-likeness (QED) is 0.0440. The molecule has 5 heteroatoms. The van der Waals surface area contributed by atoms with Gasteiger partial charge in [-0.15, -0.1) is 0 Å². The Bertz CT molecular complexity index is 671. The predicted molar refractivity (Wildman–Crippen MR) is 187 cm³/mol. The predicted octanol–water partition coefficient (Wildman–Crippen LogP) is 11.5. The van der Waals surface area contributed by atoms with Gasteiger partial charge in [-0.05, 0) is 44.9 Å². The number of hydrogen-bond donors (Lipinski definition) is 1. The number of allylic oxidation sites excluding steroid dienone is 4. The molecule has 0 spiro atoms. The van der Waals surface area contributed by atoms with Crippen LogP contribution in [0.25, 0.3) is 0 Å². The molecule has 0 saturated carbocycles. The molecule has 0 aromatic heterocycles. The van der Waals surface area contributed by atoms with Crippen molar-refractivity contribution in [2.24, 2.45) is 0 Å². The van der Waals surface area contributed by atoms with Gasteiger partial charge in [0.2, 0.25) is 0 Å². The Morgan fingerprint density at radius 1 is 0.523 bits per heavy atom. The second kappa shape index (κ2) is 35.9. The van der Waals surface area contributed by atoms with E-state index in [0.717, 1.165) is 44.9 Å². The van der Waals surface area contributed by atoms with Gasteiger partial charge in [0, 0.05) is 12.8 Å². The Labute approximate surface area is 273 Å². The highest BCUT2D eigenvalue weighted by molar-refractivity contribution is 5.70. The van der Waals surface area contributed by atoms with Gasteiger partial charge in [0.1, 0.15) is 6.61 Å². The summed E-state index contributed by atoms with van der Waals surface area (Å²) in [5.41, 5.74) is 0. The van der Waals surface area contributed by atoms with Crippen LogP contribution in [0.5, 0.6) is 0 Å². The number of hydrogen-bond acceptors (Lipinski definition) is 5. The van der Waals surface area contributed by atoms with E-state index >= 15 is 0 Å². The summed E-state index contributed by atoms with van der Waals surface area (Å²) in [4.78, 5) is 24.2. The minimum Gasteiger partial charge on any atom is -0.462 e. The first-order chi connectivity index (χ1) is 21.6. The maximum absolute atomic E-state index is 12.1. The lowest BCUT2D eigenvalue weighted by molar-refractivity contribution is -0.161. The number of unbranched alkanes of at least 4 members (excludes halogenated alkanes) is 22. The van der Waals surface area contributed by atoms with Crippen molar-refractivity contribution in [3.05, 3.63) is 24.3 Å². The molecule has 0 rings (SSSR count). The number of carbonyl (C=O) groups is 2. The molecule has 1 N–H and O–H groups in total. The molecule has 0 aliphatic carbocycles. The second-order valence-corrected chi connectivity index (χ2v) is 12.7. The molecule has 0 heterocycles. The molecule has 258 valence electrons. The summed E-state index contributed by atoms with van der Waals surface area (Å²) in [6.07, 6.45) is 40.9. The van der Waals surface area contributed by atoms with E-state index in [4.69, 9.17) is 9.47 Å². The van der Waals surface area contributed by atoms with Gasteiger partial charge in [0.15, 0.2) is 6.10 Å². The van der Waals surface area contributed by atoms with Crippen LogP contribution in [0.15, 0.2) is 24.3 Å². The van der Waals surface area contributed by atoms with E-state index in [1.165, 1.54) is 122 Å². The fourth-order valence-electron chi connectivity index (χ4n) is 5.35. The summed E-state index contributed by atoms with van der Waals surface area (Å²) >= 11 is 0. The van der Waals surface area contributed by atoms with Crippen molar-refractivity contribution < 1.29 is 24.2 Å². The normalized spacial score (nSPS) is 12.3. The lowest BCUT2D eigenvalue weighted by Crippen LogP contribution is -2.28. The molecular formula is C39H72O5. The molecule has 44 heavy (non-hydrogen) atoms. The van der Waals surface area contributed by atoms with Crippen LogP contribution in [0.3, 0.4) is 0 Å². The lowest BCUT2D eigenvalue weighted by atomic mass is 10.0. The smallest absolute Gasteiger partial charge is 0.306 e. The summed E-state index contributed by atoms with van der Waals surface area (Å²) in [5, 5.41) is 9.53. The summed E-state index contributed by atoms with van der Waals surface area (Å²) < 4.78 is 10.6. The average Bonchev–Trinajstić information content (AvgIpc) is 3.02. The van der Waals surface area contributed by atoms with E-state index in [1.54, 1.807) is 0 Å². The molecule has 0 aromatic rings. The van der Waals surface area contributed by atoms with Crippen LogP contribution < -0.4 is 0 Å². The summed E-state index contributed by atoms with van der Waals surface area (Å²) in [6, 6.07) is 0. The Morgan fingerprint density at radius 3 is 1.39 bits per heavy atom. The third-order valence-electron chi connectivity index (χ3n) is 8.25. The fourth-order valence-corrected chi connectivity index (χ4v) is 5.35. The van der Waals surface area contributed by atoms with Crippen LogP contribution in [-0.2, 0) is 19.1 Å². The van der Waals surface area contributed by atoms with Crippen molar-refractivity contribution in [3.8, 4) is 0 Å². The van der Waals surface area contributed by atoms with Crippen LogP contribution in [-0.4, -0.2) is 36.4 Å². The number of esters is 2. The van der Waals surface area contributed by atoms with Crippen LogP contribution in [0.1, 0.15) is 194 Å². The number of ether oxygens (including phenoxy) is 2. The molecule has 0 aliphatic rings. The molecule has 0 unspecified atom stereocenters. The van der Waals surface area contributed by atoms with Gasteiger partial charge in [-0.3, -0.25) is 9.59 Å². The monoisotopic (exact) mass is 621 g/mol. The highest BCUT2D eigenvalue weighted by Crippen LogP contribution is 2.14. The van der Waals surface area contributed by atoms with Crippen LogP contribution >= 0.6 is 0 Å². The summed E-state index contributed by atoms with van der Waals surface area (Å²) in [7, 11) is 0. The van der Waals surface area contributed by atoms with E-state index in [-0.39, 0.29) is 25.2 Å². The first-order valence-electron chi connectivity index (χ1n) is 18.9. The molecule has 0 aliphatic heterocycles. The first-order valence-corrected chi connectivity index (χ1v) is 18.9. The summed E-state index contributed by atoms with van der Waals surface area (Å²) in [5.74, 6) is -0.594. The molecule has 0 aromatic carbocycles. The highest BCUT2D eigenvalue weighted by atomic mass is 16.6. The van der Waals surface area contributed by atoms with Crippen LogP contribution in [0.4, 0.5) is 0 Å². The highest BCUT2D eigenvalue weighted by Gasteiger charge is 2.16. The standard InChI is InChI=1S/C39H72O5/c1-3-5-7-9-11-13-15-17-18-19-20-22-23-25-27-29-31-33-38(41)43-36-37(35-40)44-39(42)34-32-30-28-26-24-21-16-14-12-10-8-6-4-2/h11,13,17-18,37,40H,3-10,12,14-16,19-36H2,1-2H3/b13-11-,18-17-/t37-/m0/s1.